The van der Waals surface area contributed by atoms with E-state index in [1.54, 1.807) is 24.9 Å². The van der Waals surface area contributed by atoms with Crippen LogP contribution in [0, 0.1) is 5.41 Å². The summed E-state index contributed by atoms with van der Waals surface area (Å²) in [5.74, 6) is -0.382. The van der Waals surface area contributed by atoms with Gasteiger partial charge in [-0.25, -0.2) is 4.79 Å². The zero-order valence-corrected chi connectivity index (χ0v) is 16.7. The summed E-state index contributed by atoms with van der Waals surface area (Å²) in [7, 11) is 0. The predicted molar refractivity (Wildman–Crippen MR) is 100 cm³/mol. The number of pyridine rings is 1. The number of rotatable bonds is 7. The molecular weight excluding hydrogens is 338 g/mol. The minimum Gasteiger partial charge on any atom is -0.433 e. The van der Waals surface area contributed by atoms with E-state index < -0.39 is 11.7 Å². The lowest BCUT2D eigenvalue weighted by molar-refractivity contribution is -0.141. The van der Waals surface area contributed by atoms with Gasteiger partial charge in [-0.2, -0.15) is 0 Å². The Balaban J connectivity index is 2.90. The topological polar surface area (TPSA) is 94.3 Å². The molecule has 1 heterocycles. The first-order chi connectivity index (χ1) is 11.4. The van der Waals surface area contributed by atoms with E-state index in [0.29, 0.717) is 11.7 Å². The van der Waals surface area contributed by atoms with Crippen molar-refractivity contribution >= 4 is 23.8 Å². The van der Waals surface area contributed by atoms with E-state index in [4.69, 9.17) is 10.5 Å². The number of primary amides is 1. The fourth-order valence-electron chi connectivity index (χ4n) is 2.66. The molecule has 0 saturated heterocycles. The van der Waals surface area contributed by atoms with Gasteiger partial charge in [0, 0.05) is 22.8 Å². The van der Waals surface area contributed by atoms with Gasteiger partial charge < -0.3 is 15.8 Å². The van der Waals surface area contributed by atoms with Crippen molar-refractivity contribution in [2.24, 2.45) is 11.1 Å². The van der Waals surface area contributed by atoms with Gasteiger partial charge in [0.25, 0.3) is 5.91 Å². The third-order valence-electron chi connectivity index (χ3n) is 3.30. The number of carbonyl (C=O) groups excluding carboxylic acids is 2. The second kappa shape index (κ2) is 8.56. The van der Waals surface area contributed by atoms with E-state index in [0.717, 1.165) is 10.6 Å². The second-order valence-electron chi connectivity index (χ2n) is 7.69. The summed E-state index contributed by atoms with van der Waals surface area (Å²) in [5.41, 5.74) is 4.40. The molecule has 1 rings (SSSR count). The second-order valence-corrected chi connectivity index (χ2v) is 9.31. The van der Waals surface area contributed by atoms with Crippen molar-refractivity contribution in [2.45, 2.75) is 70.3 Å². The van der Waals surface area contributed by atoms with Crippen molar-refractivity contribution in [3.8, 4) is 0 Å². The van der Waals surface area contributed by atoms with Gasteiger partial charge >= 0.3 is 6.09 Å². The van der Waals surface area contributed by atoms with E-state index in [1.165, 1.54) is 0 Å². The number of amides is 2. The van der Waals surface area contributed by atoms with Crippen LogP contribution in [0.15, 0.2) is 23.2 Å². The van der Waals surface area contributed by atoms with E-state index >= 15 is 0 Å². The Labute approximate surface area is 154 Å². The zero-order valence-electron chi connectivity index (χ0n) is 15.9. The van der Waals surface area contributed by atoms with Gasteiger partial charge in [0.05, 0.1) is 12.2 Å². The smallest absolute Gasteiger partial charge is 0.405 e. The van der Waals surface area contributed by atoms with Gasteiger partial charge in [-0.15, -0.1) is 11.8 Å². The highest BCUT2D eigenvalue weighted by molar-refractivity contribution is 8.00. The fraction of sp³-hybridized carbons (Fsp3) is 0.611. The highest BCUT2D eigenvalue weighted by Gasteiger charge is 2.40. The first-order valence-electron chi connectivity index (χ1n) is 8.30. The summed E-state index contributed by atoms with van der Waals surface area (Å²) in [6.07, 6.45) is 1.08. The molecule has 0 bridgehead atoms. The molecule has 7 heteroatoms. The molecule has 140 valence electrons. The maximum atomic E-state index is 12.7. The maximum Gasteiger partial charge on any atom is 0.405 e. The average molecular weight is 368 g/mol. The number of carbonyl (C=O) groups is 2. The van der Waals surface area contributed by atoms with Crippen LogP contribution in [0.4, 0.5) is 4.79 Å². The molecule has 1 unspecified atom stereocenters. The van der Waals surface area contributed by atoms with Crippen LogP contribution >= 0.6 is 11.8 Å². The zero-order chi connectivity index (χ0) is 19.3. The van der Waals surface area contributed by atoms with Gasteiger partial charge in [0.1, 0.15) is 0 Å². The minimum absolute atomic E-state index is 0.217. The van der Waals surface area contributed by atoms with E-state index in [9.17, 15) is 9.59 Å². The molecule has 2 amide bonds. The highest BCUT2D eigenvalue weighted by atomic mass is 32.2. The number of nitrogens with zero attached hydrogens (tertiary/aromatic N) is 1. The first kappa shape index (κ1) is 21.3. The highest BCUT2D eigenvalue weighted by Crippen LogP contribution is 2.30. The summed E-state index contributed by atoms with van der Waals surface area (Å²) in [6.45, 7) is 12.0. The Morgan fingerprint density at radius 1 is 1.32 bits per heavy atom. The molecule has 0 aliphatic carbocycles. The summed E-state index contributed by atoms with van der Waals surface area (Å²) < 4.78 is 5.16. The molecule has 25 heavy (non-hydrogen) atoms. The van der Waals surface area contributed by atoms with Crippen LogP contribution < -0.4 is 11.1 Å². The van der Waals surface area contributed by atoms with Crippen molar-refractivity contribution < 1.29 is 14.3 Å². The fourth-order valence-corrected chi connectivity index (χ4v) is 3.59. The normalized spacial score (nSPS) is 14.0. The number of hydrogen-bond acceptors (Lipinski definition) is 5. The van der Waals surface area contributed by atoms with E-state index in [1.807, 2.05) is 32.9 Å². The van der Waals surface area contributed by atoms with Crippen LogP contribution in [0.3, 0.4) is 0 Å². The molecule has 0 aliphatic rings. The van der Waals surface area contributed by atoms with Crippen molar-refractivity contribution in [3.05, 3.63) is 24.0 Å². The van der Waals surface area contributed by atoms with Gasteiger partial charge in [0.2, 0.25) is 0 Å². The van der Waals surface area contributed by atoms with Crippen LogP contribution in [0.2, 0.25) is 0 Å². The molecule has 0 spiro atoms. The van der Waals surface area contributed by atoms with Gasteiger partial charge in [-0.3, -0.25) is 9.78 Å². The molecule has 3 N–H and O–H groups in total. The third kappa shape index (κ3) is 7.34. The quantitative estimate of drug-likeness (QED) is 0.719. The van der Waals surface area contributed by atoms with Crippen LogP contribution in [0.25, 0.3) is 0 Å². The van der Waals surface area contributed by atoms with Crippen LogP contribution in [0.1, 0.15) is 53.7 Å². The molecule has 0 aromatic carbocycles. The number of hydrogen-bond donors (Lipinski definition) is 2. The lowest BCUT2D eigenvalue weighted by Gasteiger charge is -2.33. The van der Waals surface area contributed by atoms with Crippen molar-refractivity contribution in [2.75, 3.05) is 0 Å². The standard InChI is InChI=1S/C18H29N3O3S/c1-12(2)25-14-8-7-9-20-13(14)10-21-15(22)18(6,24-16(19)23)11-17(3,4)5/h7-9,12H,10-11H2,1-6H3,(H2,19,23)(H,21,22). The monoisotopic (exact) mass is 367 g/mol. The summed E-state index contributed by atoms with van der Waals surface area (Å²) in [6, 6.07) is 3.85. The van der Waals surface area contributed by atoms with E-state index in [-0.39, 0.29) is 17.9 Å². The lowest BCUT2D eigenvalue weighted by atomic mass is 9.82. The molecule has 1 aromatic heterocycles. The van der Waals surface area contributed by atoms with E-state index in [2.05, 4.69) is 24.1 Å². The third-order valence-corrected chi connectivity index (χ3v) is 4.40. The molecule has 0 saturated carbocycles. The summed E-state index contributed by atoms with van der Waals surface area (Å²) in [4.78, 5) is 29.3. The Morgan fingerprint density at radius 3 is 2.48 bits per heavy atom. The predicted octanol–water partition coefficient (Wildman–Crippen LogP) is 3.49. The van der Waals surface area contributed by atoms with Crippen molar-refractivity contribution in [3.63, 3.8) is 0 Å². The van der Waals surface area contributed by atoms with Gasteiger partial charge in [0.15, 0.2) is 5.60 Å². The minimum atomic E-state index is -1.33. The Bertz CT molecular complexity index is 614. The molecule has 0 radical (unpaired) electrons. The number of nitrogens with one attached hydrogen (secondary N) is 1. The Kier molecular flexibility index (Phi) is 7.29. The summed E-state index contributed by atoms with van der Waals surface area (Å²) in [5, 5.41) is 3.24. The number of ether oxygens (including phenoxy) is 1. The van der Waals surface area contributed by atoms with Crippen molar-refractivity contribution in [1.29, 1.82) is 0 Å². The summed E-state index contributed by atoms with van der Waals surface area (Å²) >= 11 is 1.69. The molecule has 6 nitrogen and oxygen atoms in total. The largest absolute Gasteiger partial charge is 0.433 e. The van der Waals surface area contributed by atoms with Crippen molar-refractivity contribution in [1.82, 2.24) is 10.3 Å². The van der Waals surface area contributed by atoms with Gasteiger partial charge in [-0.1, -0.05) is 34.6 Å². The molecule has 0 fully saturated rings. The number of thioether (sulfide) groups is 1. The van der Waals surface area contributed by atoms with Crippen LogP contribution in [0.5, 0.6) is 0 Å². The van der Waals surface area contributed by atoms with Crippen LogP contribution in [-0.2, 0) is 16.1 Å². The average Bonchev–Trinajstić information content (AvgIpc) is 2.42. The molecule has 1 atom stereocenters. The lowest BCUT2D eigenvalue weighted by Crippen LogP contribution is -2.50. The first-order valence-corrected chi connectivity index (χ1v) is 9.18. The van der Waals surface area contributed by atoms with Gasteiger partial charge in [-0.05, 0) is 24.5 Å². The Hall–Kier alpha value is -1.76. The SMILES string of the molecule is CC(C)Sc1cccnc1CNC(=O)C(C)(CC(C)(C)C)OC(N)=O. The molecule has 0 aliphatic heterocycles. The maximum absolute atomic E-state index is 12.7. The molecular formula is C18H29N3O3S. The molecule has 1 aromatic rings. The Morgan fingerprint density at radius 2 is 1.96 bits per heavy atom. The number of aromatic nitrogens is 1. The number of nitrogens with two attached hydrogens (primary N) is 1. The van der Waals surface area contributed by atoms with Crippen LogP contribution in [-0.4, -0.2) is 27.8 Å².